The van der Waals surface area contributed by atoms with Crippen molar-refractivity contribution in [2.45, 2.75) is 46.5 Å². The topological polar surface area (TPSA) is 3.88 Å². The Balaban J connectivity index is 2.11. The maximum atomic E-state index is 8.70. The van der Waals surface area contributed by atoms with Crippen LogP contribution in [0.25, 0.3) is 33.2 Å². The van der Waals surface area contributed by atoms with Crippen LogP contribution in [0.2, 0.25) is 0 Å². The Morgan fingerprint density at radius 3 is 2.23 bits per heavy atom. The Bertz CT molecular complexity index is 1300. The molecule has 0 fully saturated rings. The fraction of sp³-hybridized carbons (Fsp3) is 0.276. The fourth-order valence-corrected chi connectivity index (χ4v) is 4.32. The molecule has 30 heavy (non-hydrogen) atoms. The van der Waals surface area contributed by atoms with Gasteiger partial charge in [-0.25, -0.2) is 4.57 Å². The van der Waals surface area contributed by atoms with Gasteiger partial charge in [-0.05, 0) is 64.1 Å². The smallest absolute Gasteiger partial charge is 0.200 e. The van der Waals surface area contributed by atoms with E-state index in [-0.39, 0.29) is 12.2 Å². The molecule has 0 N–H and O–H groups in total. The molecule has 1 aromatic heterocycles. The second-order valence-electron chi connectivity index (χ2n) is 8.86. The Morgan fingerprint density at radius 2 is 1.57 bits per heavy atom. The van der Waals surface area contributed by atoms with E-state index < -0.39 is 0 Å². The molecule has 4 rings (SSSR count). The summed E-state index contributed by atoms with van der Waals surface area (Å²) in [6.07, 6.45) is 0.240. The van der Waals surface area contributed by atoms with E-state index in [1.807, 2.05) is 17.7 Å². The third-order valence-corrected chi connectivity index (χ3v) is 6.09. The van der Waals surface area contributed by atoms with Crippen molar-refractivity contribution in [3.63, 3.8) is 0 Å². The zero-order chi connectivity index (χ0) is 23.2. The van der Waals surface area contributed by atoms with Crippen molar-refractivity contribution in [1.82, 2.24) is 0 Å². The van der Waals surface area contributed by atoms with Crippen LogP contribution in [0.3, 0.4) is 0 Å². The highest BCUT2D eigenvalue weighted by atomic mass is 14.9. The van der Waals surface area contributed by atoms with Crippen molar-refractivity contribution in [1.29, 1.82) is 0 Å². The molecular weight excluding hydrogens is 362 g/mol. The molecule has 0 spiro atoms. The summed E-state index contributed by atoms with van der Waals surface area (Å²) in [4.78, 5) is 0. The second-order valence-corrected chi connectivity index (χ2v) is 8.86. The SMILES string of the molecule is [2H]c1c([2H])[n+](C)c(-c2cc(-c3ccccc3)cc(C(C)C)c2C)c2ccc(C(C)C)cc12. The van der Waals surface area contributed by atoms with Crippen LogP contribution < -0.4 is 4.57 Å². The number of pyridine rings is 1. The van der Waals surface area contributed by atoms with E-state index in [0.29, 0.717) is 11.8 Å². The summed E-state index contributed by atoms with van der Waals surface area (Å²) < 4.78 is 19.2. The van der Waals surface area contributed by atoms with Crippen LogP contribution in [0.15, 0.2) is 72.9 Å². The maximum absolute atomic E-state index is 8.70. The molecule has 0 aliphatic rings. The van der Waals surface area contributed by atoms with E-state index in [1.165, 1.54) is 27.8 Å². The van der Waals surface area contributed by atoms with Crippen molar-refractivity contribution in [3.05, 3.63) is 89.6 Å². The first-order valence-corrected chi connectivity index (χ1v) is 10.8. The van der Waals surface area contributed by atoms with Gasteiger partial charge in [0.2, 0.25) is 5.69 Å². The summed E-state index contributed by atoms with van der Waals surface area (Å²) in [5, 5.41) is 1.88. The average molecular weight is 397 g/mol. The zero-order valence-electron chi connectivity index (χ0n) is 20.9. The van der Waals surface area contributed by atoms with Crippen molar-refractivity contribution in [3.8, 4) is 22.4 Å². The molecule has 152 valence electrons. The molecule has 1 heteroatoms. The zero-order valence-corrected chi connectivity index (χ0v) is 18.9. The number of fused-ring (bicyclic) bond motifs is 1. The highest BCUT2D eigenvalue weighted by molar-refractivity contribution is 5.95. The minimum Gasteiger partial charge on any atom is -0.200 e. The van der Waals surface area contributed by atoms with Crippen LogP contribution in [0, 0.1) is 6.92 Å². The highest BCUT2D eigenvalue weighted by Crippen LogP contribution is 2.36. The van der Waals surface area contributed by atoms with Gasteiger partial charge in [0.15, 0.2) is 6.17 Å². The van der Waals surface area contributed by atoms with Gasteiger partial charge in [0.1, 0.15) is 8.42 Å². The minimum atomic E-state index is 0.240. The predicted molar refractivity (Wildman–Crippen MR) is 129 cm³/mol. The normalized spacial score (nSPS) is 12.5. The number of nitrogens with zero attached hydrogens (tertiary/aromatic N) is 1. The van der Waals surface area contributed by atoms with E-state index in [1.54, 1.807) is 0 Å². The molecule has 1 heterocycles. The van der Waals surface area contributed by atoms with E-state index >= 15 is 0 Å². The van der Waals surface area contributed by atoms with E-state index in [4.69, 9.17) is 2.74 Å². The van der Waals surface area contributed by atoms with Gasteiger partial charge in [0.05, 0.1) is 12.3 Å². The van der Waals surface area contributed by atoms with Crippen LogP contribution >= 0.6 is 0 Å². The molecule has 0 saturated carbocycles. The lowest BCUT2D eigenvalue weighted by Gasteiger charge is -2.17. The second kappa shape index (κ2) is 8.07. The summed E-state index contributed by atoms with van der Waals surface area (Å²) in [7, 11) is 1.91. The minimum absolute atomic E-state index is 0.240. The lowest BCUT2D eigenvalue weighted by atomic mass is 9.87. The van der Waals surface area contributed by atoms with Gasteiger partial charge in [-0.1, -0.05) is 76.2 Å². The molecule has 1 nitrogen and oxygen atoms in total. The fourth-order valence-electron chi connectivity index (χ4n) is 4.32. The standard InChI is InChI=1S/C29H32N/c1-19(2)23-12-13-26-24(16-23)14-15-30(6)29(26)28-18-25(22-10-8-7-9-11-22)17-27(20(3)4)21(28)5/h7-20H,1-6H3/q+1/i14D,15D. The van der Waals surface area contributed by atoms with Gasteiger partial charge in [-0.3, -0.25) is 0 Å². The van der Waals surface area contributed by atoms with Crippen molar-refractivity contribution in [2.75, 3.05) is 0 Å². The number of hydrogen-bond donors (Lipinski definition) is 0. The Hall–Kier alpha value is -2.93. The molecule has 0 atom stereocenters. The molecular formula is C29H32N+. The molecule has 0 aliphatic heterocycles. The van der Waals surface area contributed by atoms with Crippen LogP contribution in [0.4, 0.5) is 0 Å². The molecule has 0 aliphatic carbocycles. The molecule has 0 bridgehead atoms. The number of hydrogen-bond acceptors (Lipinski definition) is 0. The van der Waals surface area contributed by atoms with E-state index in [9.17, 15) is 0 Å². The van der Waals surface area contributed by atoms with Crippen molar-refractivity contribution in [2.24, 2.45) is 7.05 Å². The quantitative estimate of drug-likeness (QED) is 0.313. The van der Waals surface area contributed by atoms with Gasteiger partial charge < -0.3 is 0 Å². The predicted octanol–water partition coefficient (Wildman–Crippen LogP) is 7.55. The molecule has 0 radical (unpaired) electrons. The third-order valence-electron chi connectivity index (χ3n) is 6.09. The van der Waals surface area contributed by atoms with Gasteiger partial charge in [-0.2, -0.15) is 0 Å². The summed E-state index contributed by atoms with van der Waals surface area (Å²) in [6.45, 7) is 11.0. The Labute approximate surface area is 183 Å². The number of aromatic nitrogens is 1. The van der Waals surface area contributed by atoms with E-state index in [0.717, 1.165) is 22.0 Å². The van der Waals surface area contributed by atoms with Gasteiger partial charge in [0, 0.05) is 6.04 Å². The van der Waals surface area contributed by atoms with Crippen LogP contribution in [0.5, 0.6) is 0 Å². The summed E-state index contributed by atoms with van der Waals surface area (Å²) >= 11 is 0. The molecule has 0 amide bonds. The summed E-state index contributed by atoms with van der Waals surface area (Å²) in [5.41, 5.74) is 8.26. The van der Waals surface area contributed by atoms with Crippen molar-refractivity contribution < 1.29 is 7.31 Å². The summed E-state index contributed by atoms with van der Waals surface area (Å²) in [5.74, 6) is 0.758. The highest BCUT2D eigenvalue weighted by Gasteiger charge is 2.21. The van der Waals surface area contributed by atoms with Crippen LogP contribution in [0.1, 0.15) is 59.0 Å². The first-order chi connectivity index (χ1) is 15.2. The largest absolute Gasteiger partial charge is 0.220 e. The molecule has 0 unspecified atom stereocenters. The molecule has 0 saturated heterocycles. The lowest BCUT2D eigenvalue weighted by molar-refractivity contribution is -0.659. The van der Waals surface area contributed by atoms with Gasteiger partial charge in [0.25, 0.3) is 0 Å². The van der Waals surface area contributed by atoms with Crippen molar-refractivity contribution >= 4 is 10.8 Å². The molecule has 4 aromatic rings. The van der Waals surface area contributed by atoms with Gasteiger partial charge >= 0.3 is 0 Å². The Morgan fingerprint density at radius 1 is 0.833 bits per heavy atom. The van der Waals surface area contributed by atoms with Gasteiger partial charge in [-0.15, -0.1) is 0 Å². The first kappa shape index (κ1) is 17.9. The first-order valence-electron chi connectivity index (χ1n) is 11.8. The third kappa shape index (κ3) is 3.65. The molecule has 3 aromatic carbocycles. The number of benzene rings is 3. The lowest BCUT2D eigenvalue weighted by Crippen LogP contribution is -2.31. The monoisotopic (exact) mass is 396 g/mol. The average Bonchev–Trinajstić information content (AvgIpc) is 2.78. The Kier molecular flexibility index (Phi) is 4.81. The summed E-state index contributed by atoms with van der Waals surface area (Å²) in [6, 6.07) is 21.7. The van der Waals surface area contributed by atoms with E-state index in [2.05, 4.69) is 89.2 Å². The van der Waals surface area contributed by atoms with Crippen LogP contribution in [-0.2, 0) is 7.05 Å². The number of rotatable bonds is 4. The van der Waals surface area contributed by atoms with Crippen LogP contribution in [-0.4, -0.2) is 0 Å². The maximum Gasteiger partial charge on any atom is 0.220 e.